The van der Waals surface area contributed by atoms with Crippen molar-refractivity contribution in [1.29, 1.82) is 0 Å². The number of hydrogen-bond acceptors (Lipinski definition) is 4. The van der Waals surface area contributed by atoms with Gasteiger partial charge in [0.25, 0.3) is 5.91 Å². The predicted molar refractivity (Wildman–Crippen MR) is 114 cm³/mol. The Hall–Kier alpha value is -2.18. The minimum absolute atomic E-state index is 0.0817. The van der Waals surface area contributed by atoms with Gasteiger partial charge in [-0.2, -0.15) is 5.10 Å². The van der Waals surface area contributed by atoms with Crippen LogP contribution in [-0.2, 0) is 6.54 Å². The molecule has 1 fully saturated rings. The van der Waals surface area contributed by atoms with Crippen LogP contribution >= 0.6 is 23.5 Å². The second kappa shape index (κ2) is 8.67. The van der Waals surface area contributed by atoms with E-state index in [4.69, 9.17) is 0 Å². The standard InChI is InChI=1S/C21H21N3OS2/c25-20(17-6-8-18(9-7-17)21-26-12-3-13-27-21)23-19-5-1-4-16(14-19)15-24-11-2-10-22-24/h1-2,4-11,14,21H,3,12-13,15H2,(H,23,25). The summed E-state index contributed by atoms with van der Waals surface area (Å²) < 4.78 is 2.36. The first-order valence-electron chi connectivity index (χ1n) is 8.99. The molecule has 2 aromatic carbocycles. The molecule has 1 aromatic heterocycles. The maximum atomic E-state index is 12.6. The van der Waals surface area contributed by atoms with Gasteiger partial charge in [0.1, 0.15) is 0 Å². The molecular formula is C21H21N3OS2. The van der Waals surface area contributed by atoms with Crippen molar-refractivity contribution in [1.82, 2.24) is 9.78 Å². The molecule has 3 aromatic rings. The second-order valence-corrected chi connectivity index (χ2v) is 9.13. The largest absolute Gasteiger partial charge is 0.322 e. The van der Waals surface area contributed by atoms with Crippen LogP contribution in [0.3, 0.4) is 0 Å². The fourth-order valence-corrected chi connectivity index (χ4v) is 5.90. The number of carbonyl (C=O) groups is 1. The Morgan fingerprint density at radius 3 is 2.67 bits per heavy atom. The lowest BCUT2D eigenvalue weighted by Gasteiger charge is -2.21. The van der Waals surface area contributed by atoms with Crippen molar-refractivity contribution in [2.45, 2.75) is 17.5 Å². The quantitative estimate of drug-likeness (QED) is 0.656. The van der Waals surface area contributed by atoms with Gasteiger partial charge in [0, 0.05) is 23.6 Å². The lowest BCUT2D eigenvalue weighted by Crippen LogP contribution is -2.12. The molecule has 1 saturated heterocycles. The van der Waals surface area contributed by atoms with Crippen molar-refractivity contribution in [3.8, 4) is 0 Å². The Morgan fingerprint density at radius 1 is 1.11 bits per heavy atom. The summed E-state index contributed by atoms with van der Waals surface area (Å²) in [5.74, 6) is 2.35. The van der Waals surface area contributed by atoms with E-state index in [1.165, 1.54) is 23.5 Å². The van der Waals surface area contributed by atoms with Gasteiger partial charge in [0.2, 0.25) is 0 Å². The third-order valence-corrected chi connectivity index (χ3v) is 7.38. The number of thioether (sulfide) groups is 2. The van der Waals surface area contributed by atoms with Gasteiger partial charge in [-0.1, -0.05) is 24.3 Å². The third kappa shape index (κ3) is 4.76. The Kier molecular flexibility index (Phi) is 5.84. The summed E-state index contributed by atoms with van der Waals surface area (Å²) in [5, 5.41) is 7.22. The third-order valence-electron chi connectivity index (χ3n) is 4.36. The summed E-state index contributed by atoms with van der Waals surface area (Å²) in [6, 6.07) is 17.8. The molecule has 27 heavy (non-hydrogen) atoms. The molecule has 0 atom stereocenters. The number of benzene rings is 2. The van der Waals surface area contributed by atoms with Crippen LogP contribution in [0.4, 0.5) is 5.69 Å². The molecule has 0 unspecified atom stereocenters. The fraction of sp³-hybridized carbons (Fsp3) is 0.238. The van der Waals surface area contributed by atoms with E-state index in [-0.39, 0.29) is 5.91 Å². The summed E-state index contributed by atoms with van der Waals surface area (Å²) in [6.45, 7) is 0.683. The minimum atomic E-state index is -0.0817. The zero-order valence-corrected chi connectivity index (χ0v) is 16.5. The topological polar surface area (TPSA) is 46.9 Å². The highest BCUT2D eigenvalue weighted by Gasteiger charge is 2.17. The normalized spacial score (nSPS) is 14.8. The van der Waals surface area contributed by atoms with Crippen molar-refractivity contribution in [2.24, 2.45) is 0 Å². The fourth-order valence-electron chi connectivity index (χ4n) is 3.00. The van der Waals surface area contributed by atoms with E-state index in [0.29, 0.717) is 16.7 Å². The zero-order chi connectivity index (χ0) is 18.5. The van der Waals surface area contributed by atoms with Gasteiger partial charge in [0.15, 0.2) is 0 Å². The monoisotopic (exact) mass is 395 g/mol. The van der Waals surface area contributed by atoms with Gasteiger partial charge in [-0.25, -0.2) is 0 Å². The Balaban J connectivity index is 1.41. The summed E-state index contributed by atoms with van der Waals surface area (Å²) in [7, 11) is 0. The molecular weight excluding hydrogens is 374 g/mol. The van der Waals surface area contributed by atoms with Gasteiger partial charge >= 0.3 is 0 Å². The molecule has 1 aliphatic rings. The van der Waals surface area contributed by atoms with Crippen molar-refractivity contribution in [3.05, 3.63) is 83.7 Å². The molecule has 0 spiro atoms. The Bertz CT molecular complexity index is 888. The van der Waals surface area contributed by atoms with Crippen LogP contribution in [-0.4, -0.2) is 27.2 Å². The lowest BCUT2D eigenvalue weighted by molar-refractivity contribution is 0.102. The molecule has 4 rings (SSSR count). The molecule has 0 bridgehead atoms. The summed E-state index contributed by atoms with van der Waals surface area (Å²) in [4.78, 5) is 12.6. The van der Waals surface area contributed by atoms with Crippen LogP contribution in [0.1, 0.15) is 32.5 Å². The number of rotatable bonds is 5. The molecule has 4 nitrogen and oxygen atoms in total. The average molecular weight is 396 g/mol. The van der Waals surface area contributed by atoms with Crippen LogP contribution in [0.25, 0.3) is 0 Å². The first-order chi connectivity index (χ1) is 13.3. The lowest BCUT2D eigenvalue weighted by atomic mass is 10.1. The number of nitrogens with zero attached hydrogens (tertiary/aromatic N) is 2. The van der Waals surface area contributed by atoms with E-state index in [2.05, 4.69) is 22.5 Å². The highest BCUT2D eigenvalue weighted by molar-refractivity contribution is 8.16. The number of amides is 1. The van der Waals surface area contributed by atoms with Crippen molar-refractivity contribution >= 4 is 35.1 Å². The maximum absolute atomic E-state index is 12.6. The maximum Gasteiger partial charge on any atom is 0.255 e. The van der Waals surface area contributed by atoms with Crippen molar-refractivity contribution in [2.75, 3.05) is 16.8 Å². The smallest absolute Gasteiger partial charge is 0.255 e. The summed E-state index contributed by atoms with van der Waals surface area (Å²) >= 11 is 3.98. The SMILES string of the molecule is O=C(Nc1cccc(Cn2cccn2)c1)c1ccc(C2SCCCS2)cc1. The molecule has 1 N–H and O–H groups in total. The van der Waals surface area contributed by atoms with E-state index >= 15 is 0 Å². The van der Waals surface area contributed by atoms with Crippen LogP contribution < -0.4 is 5.32 Å². The van der Waals surface area contributed by atoms with Crippen LogP contribution in [0.5, 0.6) is 0 Å². The van der Waals surface area contributed by atoms with Crippen molar-refractivity contribution < 1.29 is 4.79 Å². The summed E-state index contributed by atoms with van der Waals surface area (Å²) in [6.07, 6.45) is 4.97. The molecule has 138 valence electrons. The number of carbonyl (C=O) groups excluding carboxylic acids is 1. The second-order valence-electron chi connectivity index (χ2n) is 6.41. The molecule has 1 aliphatic heterocycles. The van der Waals surface area contributed by atoms with Crippen LogP contribution in [0.15, 0.2) is 67.0 Å². The Morgan fingerprint density at radius 2 is 1.93 bits per heavy atom. The highest BCUT2D eigenvalue weighted by atomic mass is 32.2. The van der Waals surface area contributed by atoms with E-state index in [9.17, 15) is 4.79 Å². The van der Waals surface area contributed by atoms with Gasteiger partial charge < -0.3 is 5.32 Å². The zero-order valence-electron chi connectivity index (χ0n) is 14.9. The molecule has 2 heterocycles. The number of nitrogens with one attached hydrogen (secondary N) is 1. The number of anilines is 1. The van der Waals surface area contributed by atoms with E-state index in [1.807, 2.05) is 76.9 Å². The first kappa shape index (κ1) is 18.2. The molecule has 0 radical (unpaired) electrons. The van der Waals surface area contributed by atoms with Crippen molar-refractivity contribution in [3.63, 3.8) is 0 Å². The highest BCUT2D eigenvalue weighted by Crippen LogP contribution is 2.43. The van der Waals surface area contributed by atoms with Crippen LogP contribution in [0.2, 0.25) is 0 Å². The molecule has 0 saturated carbocycles. The number of aromatic nitrogens is 2. The predicted octanol–water partition coefficient (Wildman–Crippen LogP) is 5.05. The van der Waals surface area contributed by atoms with Gasteiger partial charge in [-0.05, 0) is 59.4 Å². The van der Waals surface area contributed by atoms with Gasteiger partial charge in [0.05, 0.1) is 11.1 Å². The number of hydrogen-bond donors (Lipinski definition) is 1. The van der Waals surface area contributed by atoms with Crippen LogP contribution in [0, 0.1) is 0 Å². The van der Waals surface area contributed by atoms with Gasteiger partial charge in [-0.15, -0.1) is 23.5 Å². The minimum Gasteiger partial charge on any atom is -0.322 e. The van der Waals surface area contributed by atoms with Gasteiger partial charge in [-0.3, -0.25) is 9.48 Å². The molecule has 0 aliphatic carbocycles. The first-order valence-corrected chi connectivity index (χ1v) is 11.1. The van der Waals surface area contributed by atoms with E-state index in [1.54, 1.807) is 6.20 Å². The molecule has 6 heteroatoms. The molecule has 1 amide bonds. The Labute approximate surface area is 167 Å². The average Bonchev–Trinajstić information content (AvgIpc) is 3.22. The summed E-state index contributed by atoms with van der Waals surface area (Å²) in [5.41, 5.74) is 3.87. The van der Waals surface area contributed by atoms with E-state index in [0.717, 1.165) is 11.3 Å². The van der Waals surface area contributed by atoms with E-state index < -0.39 is 0 Å².